The number of rotatable bonds is 4. The maximum absolute atomic E-state index is 13.3. The molecule has 0 radical (unpaired) electrons. The number of anilines is 1. The monoisotopic (exact) mass is 428 g/mol. The van der Waals surface area contributed by atoms with Crippen molar-refractivity contribution in [2.75, 3.05) is 10.7 Å². The number of aliphatic imine (C=N–C) groups is 1. The van der Waals surface area contributed by atoms with Gasteiger partial charge in [-0.15, -0.1) is 0 Å². The minimum atomic E-state index is -0.00911. The molecule has 1 unspecified atom stereocenters. The van der Waals surface area contributed by atoms with Gasteiger partial charge in [0, 0.05) is 28.6 Å². The van der Waals surface area contributed by atoms with Crippen LogP contribution in [0.3, 0.4) is 0 Å². The van der Waals surface area contributed by atoms with Gasteiger partial charge >= 0.3 is 0 Å². The third-order valence-electron chi connectivity index (χ3n) is 4.89. The van der Waals surface area contributed by atoms with Crippen molar-refractivity contribution in [1.29, 1.82) is 0 Å². The summed E-state index contributed by atoms with van der Waals surface area (Å²) in [4.78, 5) is 28.3. The van der Waals surface area contributed by atoms with Crippen LogP contribution < -0.4 is 4.90 Å². The summed E-state index contributed by atoms with van der Waals surface area (Å²) < 4.78 is 1.71. The quantitative estimate of drug-likeness (QED) is 0.630. The van der Waals surface area contributed by atoms with Crippen LogP contribution in [0.5, 0.6) is 0 Å². The first-order valence-corrected chi connectivity index (χ1v) is 10.8. The number of fused-ring (bicyclic) bond motifs is 1. The van der Waals surface area contributed by atoms with Crippen LogP contribution in [0.25, 0.3) is 5.78 Å². The molecule has 1 aliphatic heterocycles. The van der Waals surface area contributed by atoms with E-state index in [0.29, 0.717) is 23.6 Å². The lowest BCUT2D eigenvalue weighted by Gasteiger charge is -2.22. The molecule has 29 heavy (non-hydrogen) atoms. The number of benzene rings is 1. The van der Waals surface area contributed by atoms with Gasteiger partial charge in [-0.25, -0.2) is 9.50 Å². The Morgan fingerprint density at radius 2 is 2.07 bits per heavy atom. The number of carbonyl (C=O) groups is 1. The summed E-state index contributed by atoms with van der Waals surface area (Å²) in [7, 11) is 0. The minimum Gasteiger partial charge on any atom is -0.274 e. The van der Waals surface area contributed by atoms with Gasteiger partial charge in [0.05, 0.1) is 11.7 Å². The van der Waals surface area contributed by atoms with Crippen LogP contribution in [0.4, 0.5) is 5.69 Å². The lowest BCUT2D eigenvalue weighted by Crippen LogP contribution is -2.35. The van der Waals surface area contributed by atoms with E-state index in [9.17, 15) is 4.79 Å². The zero-order valence-corrected chi connectivity index (χ0v) is 18.0. The number of amidine groups is 1. The maximum Gasteiger partial charge on any atom is 0.252 e. The fraction of sp³-hybridized carbons (Fsp3) is 0.350. The standard InChI is InChI=1S/C20H21ClN6OS/c1-12-10-29-20(24-12)26(16-6-4-15(21)5-7-16)18(28)9-8-17-13(2)25-19-22-11-23-27(19)14(17)3/h4-7,11-12H,8-10H2,1-3H3. The van der Waals surface area contributed by atoms with Crippen molar-refractivity contribution in [3.63, 3.8) is 0 Å². The van der Waals surface area contributed by atoms with Gasteiger partial charge in [0.2, 0.25) is 5.91 Å². The molecule has 3 aromatic rings. The van der Waals surface area contributed by atoms with Gasteiger partial charge in [0.15, 0.2) is 5.17 Å². The van der Waals surface area contributed by atoms with E-state index in [0.717, 1.165) is 33.6 Å². The second-order valence-corrected chi connectivity index (χ2v) is 8.43. The van der Waals surface area contributed by atoms with Crippen molar-refractivity contribution in [3.8, 4) is 0 Å². The summed E-state index contributed by atoms with van der Waals surface area (Å²) in [6, 6.07) is 7.48. The molecule has 1 aromatic carbocycles. The molecule has 1 atom stereocenters. The molecule has 1 amide bonds. The fourth-order valence-corrected chi connectivity index (χ4v) is 4.57. The number of aromatic nitrogens is 4. The smallest absolute Gasteiger partial charge is 0.252 e. The first kappa shape index (κ1) is 19.8. The molecular weight excluding hydrogens is 408 g/mol. The third kappa shape index (κ3) is 4.00. The average Bonchev–Trinajstić information content (AvgIpc) is 3.32. The first-order chi connectivity index (χ1) is 13.9. The van der Waals surface area contributed by atoms with Gasteiger partial charge in [-0.1, -0.05) is 23.4 Å². The minimum absolute atomic E-state index is 0.00911. The number of nitrogens with zero attached hydrogens (tertiary/aromatic N) is 6. The number of aryl methyl sites for hydroxylation is 2. The molecule has 0 saturated carbocycles. The molecule has 0 aliphatic carbocycles. The van der Waals surface area contributed by atoms with E-state index in [1.807, 2.05) is 26.0 Å². The Morgan fingerprint density at radius 1 is 1.31 bits per heavy atom. The van der Waals surface area contributed by atoms with Gasteiger partial charge in [-0.3, -0.25) is 14.7 Å². The van der Waals surface area contributed by atoms with Crippen molar-refractivity contribution >= 4 is 45.9 Å². The Hall–Kier alpha value is -2.45. The molecule has 0 bridgehead atoms. The summed E-state index contributed by atoms with van der Waals surface area (Å²) >= 11 is 7.64. The molecule has 150 valence electrons. The Morgan fingerprint density at radius 3 is 2.76 bits per heavy atom. The van der Waals surface area contributed by atoms with Crippen LogP contribution in [0, 0.1) is 13.8 Å². The summed E-state index contributed by atoms with van der Waals surface area (Å²) in [6.07, 6.45) is 2.39. The van der Waals surface area contributed by atoms with Gasteiger partial charge in [-0.05, 0) is 57.0 Å². The summed E-state index contributed by atoms with van der Waals surface area (Å²) in [5.74, 6) is 1.44. The van der Waals surface area contributed by atoms with Crippen molar-refractivity contribution in [3.05, 3.63) is 52.6 Å². The Labute approximate surface area is 178 Å². The van der Waals surface area contributed by atoms with E-state index >= 15 is 0 Å². The number of amides is 1. The van der Waals surface area contributed by atoms with E-state index in [2.05, 4.69) is 27.0 Å². The average molecular weight is 429 g/mol. The Bertz CT molecular complexity index is 1090. The van der Waals surface area contributed by atoms with E-state index in [-0.39, 0.29) is 11.9 Å². The van der Waals surface area contributed by atoms with Crippen molar-refractivity contribution in [1.82, 2.24) is 19.6 Å². The molecule has 3 heterocycles. The maximum atomic E-state index is 13.3. The second kappa shape index (κ2) is 8.12. The van der Waals surface area contributed by atoms with Crippen LogP contribution in [0.15, 0.2) is 35.6 Å². The highest BCUT2D eigenvalue weighted by molar-refractivity contribution is 8.14. The van der Waals surface area contributed by atoms with Crippen LogP contribution in [0.2, 0.25) is 5.02 Å². The molecule has 4 rings (SSSR count). The molecule has 0 saturated heterocycles. The molecule has 2 aromatic heterocycles. The molecule has 7 nitrogen and oxygen atoms in total. The topological polar surface area (TPSA) is 75.8 Å². The highest BCUT2D eigenvalue weighted by Gasteiger charge is 2.27. The number of thioether (sulfide) groups is 1. The molecule has 0 spiro atoms. The summed E-state index contributed by atoms with van der Waals surface area (Å²) in [5.41, 5.74) is 3.62. The van der Waals surface area contributed by atoms with Crippen LogP contribution >= 0.6 is 23.4 Å². The molecule has 1 aliphatic rings. The normalized spacial score (nSPS) is 16.3. The molecule has 9 heteroatoms. The van der Waals surface area contributed by atoms with Crippen molar-refractivity contribution in [2.45, 2.75) is 39.7 Å². The Balaban J connectivity index is 1.60. The van der Waals surface area contributed by atoms with E-state index in [4.69, 9.17) is 11.6 Å². The van der Waals surface area contributed by atoms with E-state index in [1.54, 1.807) is 33.3 Å². The highest BCUT2D eigenvalue weighted by atomic mass is 35.5. The van der Waals surface area contributed by atoms with Gasteiger partial charge in [0.25, 0.3) is 5.78 Å². The van der Waals surface area contributed by atoms with E-state index < -0.39 is 0 Å². The van der Waals surface area contributed by atoms with Crippen molar-refractivity contribution in [2.24, 2.45) is 4.99 Å². The first-order valence-electron chi connectivity index (χ1n) is 9.39. The highest BCUT2D eigenvalue weighted by Crippen LogP contribution is 2.28. The van der Waals surface area contributed by atoms with Gasteiger partial charge in [-0.2, -0.15) is 10.1 Å². The number of hydrogen-bond acceptors (Lipinski definition) is 6. The number of halogens is 1. The molecule has 0 fully saturated rings. The predicted molar refractivity (Wildman–Crippen MR) is 117 cm³/mol. The lowest BCUT2D eigenvalue weighted by molar-refractivity contribution is -0.117. The predicted octanol–water partition coefficient (Wildman–Crippen LogP) is 3.85. The van der Waals surface area contributed by atoms with Gasteiger partial charge < -0.3 is 0 Å². The third-order valence-corrected chi connectivity index (χ3v) is 6.33. The number of carbonyl (C=O) groups excluding carboxylic acids is 1. The van der Waals surface area contributed by atoms with Crippen LogP contribution in [-0.4, -0.2) is 42.5 Å². The zero-order chi connectivity index (χ0) is 20.5. The van der Waals surface area contributed by atoms with Crippen LogP contribution in [0.1, 0.15) is 30.3 Å². The fourth-order valence-electron chi connectivity index (χ4n) is 3.39. The SMILES string of the molecule is Cc1nc2ncnn2c(C)c1CCC(=O)N(C1=NC(C)CS1)c1ccc(Cl)cc1. The summed E-state index contributed by atoms with van der Waals surface area (Å²) in [5, 5.41) is 5.59. The zero-order valence-electron chi connectivity index (χ0n) is 16.5. The molecule has 0 N–H and O–H groups in total. The van der Waals surface area contributed by atoms with Gasteiger partial charge in [0.1, 0.15) is 6.33 Å². The molecular formula is C20H21ClN6OS. The second-order valence-electron chi connectivity index (χ2n) is 7.01. The van der Waals surface area contributed by atoms with Crippen molar-refractivity contribution < 1.29 is 4.79 Å². The van der Waals surface area contributed by atoms with Crippen LogP contribution in [-0.2, 0) is 11.2 Å². The summed E-state index contributed by atoms with van der Waals surface area (Å²) in [6.45, 7) is 5.97. The Kier molecular flexibility index (Phi) is 5.56. The number of hydrogen-bond donors (Lipinski definition) is 0. The lowest BCUT2D eigenvalue weighted by atomic mass is 10.1. The van der Waals surface area contributed by atoms with E-state index in [1.165, 1.54) is 6.33 Å². The largest absolute Gasteiger partial charge is 0.274 e.